The number of nitrogens with two attached hydrogens (primary N) is 1. The van der Waals surface area contributed by atoms with Crippen LogP contribution in [0.3, 0.4) is 0 Å². The maximum Gasteiger partial charge on any atom is 0.173 e. The number of nitrogens with one attached hydrogen (secondary N) is 1. The van der Waals surface area contributed by atoms with Gasteiger partial charge in [-0.25, -0.2) is 0 Å². The van der Waals surface area contributed by atoms with Crippen LogP contribution in [0.25, 0.3) is 0 Å². The molecular formula is C15H25N3O2. The highest BCUT2D eigenvalue weighted by Crippen LogP contribution is 2.19. The van der Waals surface area contributed by atoms with Gasteiger partial charge in [0.15, 0.2) is 5.84 Å². The third-order valence-electron chi connectivity index (χ3n) is 3.56. The molecule has 0 aliphatic heterocycles. The van der Waals surface area contributed by atoms with E-state index in [0.29, 0.717) is 17.2 Å². The first-order chi connectivity index (χ1) is 9.65. The molecule has 0 unspecified atom stereocenters. The molecule has 0 aliphatic rings. The number of rotatable bonds is 8. The quantitative estimate of drug-likeness (QED) is 0.295. The van der Waals surface area contributed by atoms with Crippen molar-refractivity contribution in [3.63, 3.8) is 0 Å². The summed E-state index contributed by atoms with van der Waals surface area (Å²) < 4.78 is 5.21. The van der Waals surface area contributed by atoms with E-state index < -0.39 is 0 Å². The van der Waals surface area contributed by atoms with Gasteiger partial charge in [0.2, 0.25) is 0 Å². The first-order valence-electron chi connectivity index (χ1n) is 7.01. The summed E-state index contributed by atoms with van der Waals surface area (Å²) in [5, 5.41) is 15.3. The zero-order chi connectivity index (χ0) is 15.0. The molecule has 0 aliphatic carbocycles. The number of methoxy groups -OCH3 is 1. The van der Waals surface area contributed by atoms with E-state index >= 15 is 0 Å². The maximum atomic E-state index is 8.80. The van der Waals surface area contributed by atoms with Crippen molar-refractivity contribution >= 4 is 5.84 Å². The molecule has 0 bridgehead atoms. The van der Waals surface area contributed by atoms with Gasteiger partial charge in [0.25, 0.3) is 0 Å². The second kappa shape index (κ2) is 8.43. The van der Waals surface area contributed by atoms with E-state index in [0.717, 1.165) is 18.7 Å². The molecule has 0 radical (unpaired) electrons. The van der Waals surface area contributed by atoms with Gasteiger partial charge in [-0.2, -0.15) is 0 Å². The Balaban J connectivity index is 2.72. The predicted molar refractivity (Wildman–Crippen MR) is 81.3 cm³/mol. The standard InChI is InChI=1S/C15H25N3O2/c1-4-11(5-2)9-17-10-12-6-7-14(20-3)13(8-12)15(16)18-19/h6-8,11,17,19H,4-5,9-10H2,1-3H3,(H2,16,18). The van der Waals surface area contributed by atoms with Gasteiger partial charge in [-0.1, -0.05) is 37.9 Å². The molecule has 112 valence electrons. The van der Waals surface area contributed by atoms with E-state index in [2.05, 4.69) is 24.3 Å². The van der Waals surface area contributed by atoms with Crippen LogP contribution in [0, 0.1) is 5.92 Å². The van der Waals surface area contributed by atoms with Gasteiger partial charge in [0.1, 0.15) is 5.75 Å². The largest absolute Gasteiger partial charge is 0.496 e. The highest BCUT2D eigenvalue weighted by atomic mass is 16.5. The van der Waals surface area contributed by atoms with Crippen molar-refractivity contribution in [2.45, 2.75) is 33.2 Å². The molecule has 0 saturated carbocycles. The SMILES string of the molecule is CCC(CC)CNCc1ccc(OC)c(/C(N)=N/O)c1. The Morgan fingerprint density at radius 2 is 2.10 bits per heavy atom. The second-order valence-electron chi connectivity index (χ2n) is 4.83. The fourth-order valence-corrected chi connectivity index (χ4v) is 2.12. The summed E-state index contributed by atoms with van der Waals surface area (Å²) in [6.07, 6.45) is 2.36. The van der Waals surface area contributed by atoms with Crippen molar-refractivity contribution in [2.24, 2.45) is 16.8 Å². The minimum atomic E-state index is 0.0590. The van der Waals surface area contributed by atoms with E-state index in [1.165, 1.54) is 12.8 Å². The van der Waals surface area contributed by atoms with E-state index in [9.17, 15) is 0 Å². The zero-order valence-electron chi connectivity index (χ0n) is 12.5. The van der Waals surface area contributed by atoms with Crippen LogP contribution in [-0.4, -0.2) is 24.7 Å². The molecule has 0 heterocycles. The lowest BCUT2D eigenvalue weighted by atomic mass is 10.0. The van der Waals surface area contributed by atoms with Gasteiger partial charge in [0.05, 0.1) is 12.7 Å². The number of ether oxygens (including phenoxy) is 1. The third kappa shape index (κ3) is 4.42. The van der Waals surface area contributed by atoms with Gasteiger partial charge in [-0.15, -0.1) is 0 Å². The highest BCUT2D eigenvalue weighted by Gasteiger charge is 2.09. The lowest BCUT2D eigenvalue weighted by Crippen LogP contribution is -2.22. The van der Waals surface area contributed by atoms with Crippen molar-refractivity contribution in [3.8, 4) is 5.75 Å². The van der Waals surface area contributed by atoms with Crippen LogP contribution >= 0.6 is 0 Å². The molecule has 5 heteroatoms. The maximum absolute atomic E-state index is 8.80. The number of hydrogen-bond acceptors (Lipinski definition) is 4. The van der Waals surface area contributed by atoms with Crippen LogP contribution < -0.4 is 15.8 Å². The number of amidine groups is 1. The number of benzene rings is 1. The molecule has 20 heavy (non-hydrogen) atoms. The van der Waals surface area contributed by atoms with Gasteiger partial charge in [-0.3, -0.25) is 0 Å². The molecule has 0 aromatic heterocycles. The normalized spacial score (nSPS) is 11.9. The summed E-state index contributed by atoms with van der Waals surface area (Å²) in [6.45, 7) is 6.17. The second-order valence-corrected chi connectivity index (χ2v) is 4.83. The van der Waals surface area contributed by atoms with E-state index in [1.54, 1.807) is 7.11 Å². The Kier molecular flexibility index (Phi) is 6.87. The molecule has 1 rings (SSSR count). The van der Waals surface area contributed by atoms with Crippen molar-refractivity contribution in [1.82, 2.24) is 5.32 Å². The molecule has 0 fully saturated rings. The van der Waals surface area contributed by atoms with Gasteiger partial charge in [0, 0.05) is 6.54 Å². The van der Waals surface area contributed by atoms with Crippen molar-refractivity contribution < 1.29 is 9.94 Å². The minimum Gasteiger partial charge on any atom is -0.496 e. The summed E-state index contributed by atoms with van der Waals surface area (Å²) in [5.74, 6) is 1.37. The molecule has 1 aromatic rings. The van der Waals surface area contributed by atoms with E-state index in [1.807, 2.05) is 18.2 Å². The van der Waals surface area contributed by atoms with E-state index in [-0.39, 0.29) is 5.84 Å². The Morgan fingerprint density at radius 3 is 2.65 bits per heavy atom. The summed E-state index contributed by atoms with van der Waals surface area (Å²) in [7, 11) is 1.56. The average molecular weight is 279 g/mol. The molecule has 0 spiro atoms. The van der Waals surface area contributed by atoms with Crippen LogP contribution in [0.2, 0.25) is 0 Å². The van der Waals surface area contributed by atoms with Crippen molar-refractivity contribution in [2.75, 3.05) is 13.7 Å². The fraction of sp³-hybridized carbons (Fsp3) is 0.533. The third-order valence-corrected chi connectivity index (χ3v) is 3.56. The molecule has 0 saturated heterocycles. The van der Waals surface area contributed by atoms with Gasteiger partial charge < -0.3 is 21.0 Å². The Morgan fingerprint density at radius 1 is 1.40 bits per heavy atom. The van der Waals surface area contributed by atoms with E-state index in [4.69, 9.17) is 15.7 Å². The zero-order valence-corrected chi connectivity index (χ0v) is 12.5. The topological polar surface area (TPSA) is 79.9 Å². The molecule has 5 nitrogen and oxygen atoms in total. The van der Waals surface area contributed by atoms with Crippen LogP contribution in [-0.2, 0) is 6.54 Å². The summed E-state index contributed by atoms with van der Waals surface area (Å²) in [5.41, 5.74) is 7.35. The Labute approximate surface area is 120 Å². The Bertz CT molecular complexity index is 443. The number of oxime groups is 1. The monoisotopic (exact) mass is 279 g/mol. The highest BCUT2D eigenvalue weighted by molar-refractivity contribution is 5.99. The first kappa shape index (κ1) is 16.3. The average Bonchev–Trinajstić information content (AvgIpc) is 2.50. The number of hydrogen-bond donors (Lipinski definition) is 3. The molecular weight excluding hydrogens is 254 g/mol. The molecule has 0 amide bonds. The van der Waals surface area contributed by atoms with Crippen LogP contribution in [0.4, 0.5) is 0 Å². The lowest BCUT2D eigenvalue weighted by molar-refractivity contribution is 0.318. The van der Waals surface area contributed by atoms with Gasteiger partial charge >= 0.3 is 0 Å². The lowest BCUT2D eigenvalue weighted by Gasteiger charge is -2.14. The Hall–Kier alpha value is -1.75. The summed E-state index contributed by atoms with van der Waals surface area (Å²) >= 11 is 0. The summed E-state index contributed by atoms with van der Waals surface area (Å²) in [6, 6.07) is 5.70. The van der Waals surface area contributed by atoms with Crippen LogP contribution in [0.15, 0.2) is 23.4 Å². The van der Waals surface area contributed by atoms with Crippen molar-refractivity contribution in [3.05, 3.63) is 29.3 Å². The molecule has 4 N–H and O–H groups in total. The number of nitrogens with zero attached hydrogens (tertiary/aromatic N) is 1. The van der Waals surface area contributed by atoms with Crippen LogP contribution in [0.5, 0.6) is 5.75 Å². The molecule has 1 aromatic carbocycles. The van der Waals surface area contributed by atoms with Crippen molar-refractivity contribution in [1.29, 1.82) is 0 Å². The first-order valence-corrected chi connectivity index (χ1v) is 7.01. The predicted octanol–water partition coefficient (Wildman–Crippen LogP) is 2.32. The minimum absolute atomic E-state index is 0.0590. The van der Waals surface area contributed by atoms with Gasteiger partial charge in [-0.05, 0) is 30.2 Å². The molecule has 0 atom stereocenters. The smallest absolute Gasteiger partial charge is 0.173 e. The van der Waals surface area contributed by atoms with Crippen LogP contribution in [0.1, 0.15) is 37.8 Å². The fourth-order valence-electron chi connectivity index (χ4n) is 2.12. The summed E-state index contributed by atoms with van der Waals surface area (Å²) in [4.78, 5) is 0.